The monoisotopic (exact) mass is 282 g/mol. The van der Waals surface area contributed by atoms with Gasteiger partial charge >= 0.3 is 0 Å². The number of quaternary nitrogens is 1. The molecule has 1 heterocycles. The minimum absolute atomic E-state index is 0.826. The second-order valence-corrected chi connectivity index (χ2v) is 8.16. The van der Waals surface area contributed by atoms with E-state index in [-0.39, 0.29) is 0 Å². The van der Waals surface area contributed by atoms with Crippen LogP contribution in [0.4, 0.5) is 0 Å². The molecule has 0 radical (unpaired) electrons. The lowest BCUT2D eigenvalue weighted by Crippen LogP contribution is -2.44. The number of hydrogen-bond donors (Lipinski definition) is 0. The maximum atomic E-state index is 5.68. The highest BCUT2D eigenvalue weighted by atomic mass is 32.2. The molecular weight excluding hydrogens is 258 g/mol. The van der Waals surface area contributed by atoms with Crippen molar-refractivity contribution in [3.05, 3.63) is 11.3 Å². The smallest absolute Gasteiger partial charge is 0.138 e. The van der Waals surface area contributed by atoms with E-state index in [0.717, 1.165) is 9.93 Å². The third-order valence-corrected chi connectivity index (χ3v) is 6.80. The average Bonchev–Trinajstić information content (AvgIpc) is 2.60. The lowest BCUT2D eigenvalue weighted by molar-refractivity contribution is -0.763. The summed E-state index contributed by atoms with van der Waals surface area (Å²) in [7, 11) is 2.45. The maximum Gasteiger partial charge on any atom is 0.138 e. The second kappa shape index (κ2) is 5.26. The van der Waals surface area contributed by atoms with Crippen LogP contribution in [0, 0.1) is 0 Å². The lowest BCUT2D eigenvalue weighted by Gasteiger charge is -2.39. The van der Waals surface area contributed by atoms with Gasteiger partial charge in [0.15, 0.2) is 0 Å². The first-order chi connectivity index (χ1) is 8.72. The minimum Gasteiger partial charge on any atom is -0.228 e. The van der Waals surface area contributed by atoms with Crippen molar-refractivity contribution in [1.82, 2.24) is 0 Å². The van der Waals surface area contributed by atoms with Gasteiger partial charge in [-0.15, -0.1) is 0 Å². The van der Waals surface area contributed by atoms with Gasteiger partial charge in [0, 0.05) is 24.8 Å². The Hall–Kier alpha value is 0.140. The van der Waals surface area contributed by atoms with Crippen molar-refractivity contribution in [2.75, 3.05) is 7.05 Å². The van der Waals surface area contributed by atoms with Gasteiger partial charge in [-0.1, -0.05) is 25.1 Å². The Balaban J connectivity index is 1.91. The number of nitrogens with zero attached hydrogens (tertiary/aromatic N) is 1. The standard InChI is InChI=1S/C15H24NS2/c1-16(12-8-4-2-5-9-12)14-11-7-3-6-10-13(14)15(17)18-16/h12H,2-11H2,1H3/q+1. The molecule has 1 saturated carbocycles. The van der Waals surface area contributed by atoms with Crippen molar-refractivity contribution in [3.63, 3.8) is 0 Å². The van der Waals surface area contributed by atoms with Crippen LogP contribution >= 0.6 is 24.2 Å². The highest BCUT2D eigenvalue weighted by molar-refractivity contribution is 8.20. The fourth-order valence-electron chi connectivity index (χ4n) is 3.93. The number of rotatable bonds is 1. The quantitative estimate of drug-likeness (QED) is 0.378. The predicted molar refractivity (Wildman–Crippen MR) is 83.4 cm³/mol. The van der Waals surface area contributed by atoms with Crippen molar-refractivity contribution in [2.45, 2.75) is 70.3 Å². The van der Waals surface area contributed by atoms with E-state index in [1.807, 2.05) is 11.9 Å². The van der Waals surface area contributed by atoms with E-state index in [4.69, 9.17) is 12.2 Å². The molecule has 100 valence electrons. The van der Waals surface area contributed by atoms with E-state index < -0.39 is 0 Å². The largest absolute Gasteiger partial charge is 0.228 e. The van der Waals surface area contributed by atoms with Crippen LogP contribution in [0.15, 0.2) is 11.3 Å². The Morgan fingerprint density at radius 1 is 1.00 bits per heavy atom. The first-order valence-electron chi connectivity index (χ1n) is 7.54. The van der Waals surface area contributed by atoms with Gasteiger partial charge in [-0.3, -0.25) is 0 Å². The molecule has 0 spiro atoms. The van der Waals surface area contributed by atoms with Gasteiger partial charge in [0.1, 0.15) is 27.9 Å². The van der Waals surface area contributed by atoms with Gasteiger partial charge in [-0.05, 0) is 32.1 Å². The van der Waals surface area contributed by atoms with Crippen LogP contribution in [0.5, 0.6) is 0 Å². The zero-order valence-electron chi connectivity index (χ0n) is 11.4. The fraction of sp³-hybridized carbons (Fsp3) is 0.800. The van der Waals surface area contributed by atoms with Crippen LogP contribution in [0.1, 0.15) is 64.2 Å². The molecule has 1 aliphatic heterocycles. The summed E-state index contributed by atoms with van der Waals surface area (Å²) in [6.45, 7) is 0. The van der Waals surface area contributed by atoms with Crippen LogP contribution in [-0.4, -0.2) is 21.2 Å². The Bertz CT molecular complexity index is 382. The summed E-state index contributed by atoms with van der Waals surface area (Å²) in [4.78, 5) is 0. The van der Waals surface area contributed by atoms with Crippen LogP contribution < -0.4 is 0 Å². The Labute approximate surface area is 121 Å². The van der Waals surface area contributed by atoms with E-state index in [9.17, 15) is 0 Å². The third kappa shape index (κ3) is 2.19. The van der Waals surface area contributed by atoms with Gasteiger partial charge < -0.3 is 0 Å². The molecule has 0 aromatic rings. The zero-order chi connectivity index (χ0) is 12.6. The van der Waals surface area contributed by atoms with E-state index in [1.54, 1.807) is 11.3 Å². The summed E-state index contributed by atoms with van der Waals surface area (Å²) in [6, 6.07) is 0.826. The second-order valence-electron chi connectivity index (χ2n) is 6.15. The first-order valence-corrected chi connectivity index (χ1v) is 8.73. The molecule has 0 aromatic heterocycles. The first kappa shape index (κ1) is 13.1. The molecule has 3 rings (SSSR count). The van der Waals surface area contributed by atoms with E-state index in [2.05, 4.69) is 7.05 Å². The topological polar surface area (TPSA) is 0 Å². The van der Waals surface area contributed by atoms with Crippen LogP contribution in [0.25, 0.3) is 0 Å². The van der Waals surface area contributed by atoms with Crippen LogP contribution in [0.2, 0.25) is 0 Å². The zero-order valence-corrected chi connectivity index (χ0v) is 13.0. The van der Waals surface area contributed by atoms with Crippen LogP contribution in [0.3, 0.4) is 0 Å². The molecule has 0 bridgehead atoms. The Morgan fingerprint density at radius 2 is 1.67 bits per heavy atom. The van der Waals surface area contributed by atoms with Gasteiger partial charge in [0.25, 0.3) is 0 Å². The van der Waals surface area contributed by atoms with E-state index >= 15 is 0 Å². The number of allylic oxidation sites excluding steroid dienone is 1. The van der Waals surface area contributed by atoms with Crippen molar-refractivity contribution in [3.8, 4) is 0 Å². The molecule has 1 atom stereocenters. The van der Waals surface area contributed by atoms with Crippen molar-refractivity contribution < 1.29 is 3.89 Å². The lowest BCUT2D eigenvalue weighted by atomic mass is 9.93. The minimum atomic E-state index is 0.826. The highest BCUT2D eigenvalue weighted by Gasteiger charge is 2.47. The van der Waals surface area contributed by atoms with Crippen molar-refractivity contribution in [2.24, 2.45) is 0 Å². The number of thiocarbonyl (C=S) groups is 1. The predicted octanol–water partition coefficient (Wildman–Crippen LogP) is 4.97. The summed E-state index contributed by atoms with van der Waals surface area (Å²) >= 11 is 7.67. The van der Waals surface area contributed by atoms with E-state index in [0.29, 0.717) is 0 Å². The molecular formula is C15H24NS2+. The summed E-state index contributed by atoms with van der Waals surface area (Å²) in [5.41, 5.74) is 3.27. The molecule has 3 heteroatoms. The maximum absolute atomic E-state index is 5.68. The summed E-state index contributed by atoms with van der Waals surface area (Å²) < 4.78 is 2.34. The molecule has 1 fully saturated rings. The van der Waals surface area contributed by atoms with E-state index in [1.165, 1.54) is 68.4 Å². The molecule has 0 saturated heterocycles. The van der Waals surface area contributed by atoms with Crippen LogP contribution in [-0.2, 0) is 0 Å². The Morgan fingerprint density at radius 3 is 2.44 bits per heavy atom. The average molecular weight is 282 g/mol. The summed E-state index contributed by atoms with van der Waals surface area (Å²) in [5, 5.41) is 0. The SMILES string of the molecule is C[N+]1(C2CCCCC2)SC(=S)C2=C1CCCCC2. The molecule has 3 aliphatic rings. The number of hydrogen-bond acceptors (Lipinski definition) is 2. The van der Waals surface area contributed by atoms with Gasteiger partial charge in [-0.25, -0.2) is 3.89 Å². The van der Waals surface area contributed by atoms with Crippen molar-refractivity contribution >= 4 is 28.4 Å². The van der Waals surface area contributed by atoms with Gasteiger partial charge in [0.05, 0.1) is 7.05 Å². The molecule has 1 nitrogen and oxygen atoms in total. The summed E-state index contributed by atoms with van der Waals surface area (Å²) in [5.74, 6) is 0. The molecule has 2 aliphatic carbocycles. The van der Waals surface area contributed by atoms with Crippen molar-refractivity contribution in [1.29, 1.82) is 0 Å². The van der Waals surface area contributed by atoms with Gasteiger partial charge in [0.2, 0.25) is 0 Å². The normalized spacial score (nSPS) is 34.6. The highest BCUT2D eigenvalue weighted by Crippen LogP contribution is 2.50. The molecule has 18 heavy (non-hydrogen) atoms. The summed E-state index contributed by atoms with van der Waals surface area (Å²) in [6.07, 6.45) is 13.8. The molecule has 0 N–H and O–H groups in total. The Kier molecular flexibility index (Phi) is 3.84. The van der Waals surface area contributed by atoms with Gasteiger partial charge in [-0.2, -0.15) is 0 Å². The fourth-order valence-corrected chi connectivity index (χ4v) is 5.96. The molecule has 0 aromatic carbocycles. The molecule has 0 amide bonds. The third-order valence-electron chi connectivity index (χ3n) is 5.02. The molecule has 1 unspecified atom stereocenters.